The number of halogens is 3. The summed E-state index contributed by atoms with van der Waals surface area (Å²) in [5.41, 5.74) is 2.01. The van der Waals surface area contributed by atoms with Gasteiger partial charge in [0.15, 0.2) is 0 Å². The Morgan fingerprint density at radius 2 is 1.76 bits per heavy atom. The Morgan fingerprint density at radius 1 is 1.09 bits per heavy atom. The second kappa shape index (κ2) is 9.38. The Hall–Kier alpha value is -2.92. The van der Waals surface area contributed by atoms with E-state index in [2.05, 4.69) is 10.3 Å². The van der Waals surface area contributed by atoms with Crippen molar-refractivity contribution in [1.82, 2.24) is 19.2 Å². The Morgan fingerprint density at radius 3 is 2.41 bits per heavy atom. The van der Waals surface area contributed by atoms with Crippen molar-refractivity contribution in [3.8, 4) is 0 Å². The monoisotopic (exact) mass is 494 g/mol. The van der Waals surface area contributed by atoms with Crippen LogP contribution in [0.5, 0.6) is 0 Å². The van der Waals surface area contributed by atoms with E-state index in [4.69, 9.17) is 0 Å². The molecule has 0 spiro atoms. The van der Waals surface area contributed by atoms with Crippen LogP contribution in [0.3, 0.4) is 0 Å². The fourth-order valence-corrected chi connectivity index (χ4v) is 5.54. The van der Waals surface area contributed by atoms with E-state index < -0.39 is 27.9 Å². The van der Waals surface area contributed by atoms with Crippen molar-refractivity contribution in [2.24, 2.45) is 0 Å². The number of carbonyl (C=O) groups is 1. The average molecular weight is 495 g/mol. The third-order valence-electron chi connectivity index (χ3n) is 5.85. The molecule has 0 unspecified atom stereocenters. The normalized spacial score (nSPS) is 15.2. The topological polar surface area (TPSA) is 84.3 Å². The molecule has 0 radical (unpaired) electrons. The standard InChI is InChI=1S/C23H25F3N4O3S/c1-16-4-6-17(7-5-16)15-27-21(31)10-13-30-20-9-8-18(34(32,33)29-11-2-3-12-29)14-19(20)28-22(30)23(24,25)26/h4-9,14H,2-3,10-13,15H2,1H3,(H,27,31). The third-order valence-corrected chi connectivity index (χ3v) is 7.74. The van der Waals surface area contributed by atoms with Gasteiger partial charge in [-0.05, 0) is 43.5 Å². The fraction of sp³-hybridized carbons (Fsp3) is 0.391. The van der Waals surface area contributed by atoms with Crippen molar-refractivity contribution in [3.05, 3.63) is 59.4 Å². The SMILES string of the molecule is Cc1ccc(CNC(=O)CCn2c(C(F)(F)F)nc3cc(S(=O)(=O)N4CCCC4)ccc32)cc1. The lowest BCUT2D eigenvalue weighted by atomic mass is 10.1. The summed E-state index contributed by atoms with van der Waals surface area (Å²) in [6, 6.07) is 11.4. The predicted molar refractivity (Wildman–Crippen MR) is 120 cm³/mol. The van der Waals surface area contributed by atoms with E-state index in [-0.39, 0.29) is 35.4 Å². The number of sulfonamides is 1. The Bertz CT molecular complexity index is 1300. The first kappa shape index (κ1) is 24.2. The van der Waals surface area contributed by atoms with Gasteiger partial charge in [-0.3, -0.25) is 4.79 Å². The predicted octanol–water partition coefficient (Wildman–Crippen LogP) is 3.85. The number of hydrogen-bond donors (Lipinski definition) is 1. The number of imidazole rings is 1. The minimum Gasteiger partial charge on any atom is -0.352 e. The molecule has 3 aromatic rings. The van der Waals surface area contributed by atoms with E-state index >= 15 is 0 Å². The van der Waals surface area contributed by atoms with Gasteiger partial charge < -0.3 is 9.88 Å². The molecule has 11 heteroatoms. The zero-order valence-electron chi connectivity index (χ0n) is 18.6. The summed E-state index contributed by atoms with van der Waals surface area (Å²) in [4.78, 5) is 15.9. The van der Waals surface area contributed by atoms with Gasteiger partial charge in [-0.25, -0.2) is 13.4 Å². The number of carbonyl (C=O) groups excluding carboxylic acids is 1. The summed E-state index contributed by atoms with van der Waals surface area (Å²) >= 11 is 0. The van der Waals surface area contributed by atoms with Crippen LogP contribution in [0.25, 0.3) is 11.0 Å². The van der Waals surface area contributed by atoms with Gasteiger partial charge in [0.1, 0.15) is 0 Å². The second-order valence-electron chi connectivity index (χ2n) is 8.36. The van der Waals surface area contributed by atoms with E-state index in [9.17, 15) is 26.4 Å². The molecule has 1 fully saturated rings. The molecular formula is C23H25F3N4O3S. The number of amides is 1. The summed E-state index contributed by atoms with van der Waals surface area (Å²) in [7, 11) is -3.79. The van der Waals surface area contributed by atoms with Crippen LogP contribution in [-0.4, -0.2) is 41.3 Å². The molecule has 0 bridgehead atoms. The van der Waals surface area contributed by atoms with Gasteiger partial charge in [0.25, 0.3) is 0 Å². The minimum atomic E-state index is -4.76. The Labute approximate surface area is 195 Å². The number of aromatic nitrogens is 2. The zero-order valence-corrected chi connectivity index (χ0v) is 19.4. The van der Waals surface area contributed by atoms with Crippen LogP contribution < -0.4 is 5.32 Å². The molecular weight excluding hydrogens is 469 g/mol. The Kier molecular flexibility index (Phi) is 6.68. The molecule has 2 heterocycles. The highest BCUT2D eigenvalue weighted by Crippen LogP contribution is 2.33. The summed E-state index contributed by atoms with van der Waals surface area (Å²) in [5, 5.41) is 2.71. The lowest BCUT2D eigenvalue weighted by molar-refractivity contribution is -0.147. The highest BCUT2D eigenvalue weighted by Gasteiger charge is 2.38. The number of alkyl halides is 3. The first-order valence-corrected chi connectivity index (χ1v) is 12.4. The van der Waals surface area contributed by atoms with Crippen molar-refractivity contribution in [1.29, 1.82) is 0 Å². The zero-order chi connectivity index (χ0) is 24.5. The minimum absolute atomic E-state index is 0.0762. The molecule has 2 aromatic carbocycles. The summed E-state index contributed by atoms with van der Waals surface area (Å²) in [6.45, 7) is 2.75. The largest absolute Gasteiger partial charge is 0.449 e. The van der Waals surface area contributed by atoms with Crippen LogP contribution in [0.1, 0.15) is 36.2 Å². The summed E-state index contributed by atoms with van der Waals surface area (Å²) < 4.78 is 68.9. The third kappa shape index (κ3) is 5.10. The first-order chi connectivity index (χ1) is 16.1. The molecule has 1 aliphatic rings. The molecule has 0 atom stereocenters. The van der Waals surface area contributed by atoms with Crippen molar-refractivity contribution in [2.75, 3.05) is 13.1 Å². The average Bonchev–Trinajstić information content (AvgIpc) is 3.45. The van der Waals surface area contributed by atoms with Crippen molar-refractivity contribution >= 4 is 27.0 Å². The lowest BCUT2D eigenvalue weighted by Crippen LogP contribution is -2.27. The van der Waals surface area contributed by atoms with Gasteiger partial charge in [0.05, 0.1) is 15.9 Å². The van der Waals surface area contributed by atoms with Gasteiger partial charge in [-0.2, -0.15) is 17.5 Å². The first-order valence-electron chi connectivity index (χ1n) is 11.0. The Balaban J connectivity index is 1.54. The van der Waals surface area contributed by atoms with Crippen molar-refractivity contribution in [2.45, 2.75) is 50.3 Å². The maximum absolute atomic E-state index is 13.7. The number of fused-ring (bicyclic) bond motifs is 1. The van der Waals surface area contributed by atoms with Gasteiger partial charge in [0, 0.05) is 32.6 Å². The number of rotatable bonds is 7. The molecule has 1 saturated heterocycles. The van der Waals surface area contributed by atoms with E-state index in [0.29, 0.717) is 13.1 Å². The molecule has 0 aliphatic carbocycles. The highest BCUT2D eigenvalue weighted by molar-refractivity contribution is 7.89. The molecule has 1 amide bonds. The van der Waals surface area contributed by atoms with Crippen LogP contribution in [0.15, 0.2) is 47.4 Å². The van der Waals surface area contributed by atoms with Gasteiger partial charge >= 0.3 is 6.18 Å². The van der Waals surface area contributed by atoms with Crippen molar-refractivity contribution < 1.29 is 26.4 Å². The van der Waals surface area contributed by atoms with Crippen molar-refractivity contribution in [3.63, 3.8) is 0 Å². The van der Waals surface area contributed by atoms with Crippen LogP contribution >= 0.6 is 0 Å². The van der Waals surface area contributed by atoms with Crippen LogP contribution in [0.4, 0.5) is 13.2 Å². The summed E-state index contributed by atoms with van der Waals surface area (Å²) in [6.07, 6.45) is -3.44. The van der Waals surface area contributed by atoms with Crippen LogP contribution in [0, 0.1) is 6.92 Å². The quantitative estimate of drug-likeness (QED) is 0.541. The number of benzene rings is 2. The number of nitrogens with one attached hydrogen (secondary N) is 1. The second-order valence-corrected chi connectivity index (χ2v) is 10.3. The molecule has 34 heavy (non-hydrogen) atoms. The molecule has 182 valence electrons. The van der Waals surface area contributed by atoms with E-state index in [1.54, 1.807) is 0 Å². The van der Waals surface area contributed by atoms with Gasteiger partial charge in [0.2, 0.25) is 21.8 Å². The summed E-state index contributed by atoms with van der Waals surface area (Å²) in [5.74, 6) is -1.56. The van der Waals surface area contributed by atoms with Gasteiger partial charge in [-0.1, -0.05) is 29.8 Å². The van der Waals surface area contributed by atoms with Crippen LogP contribution in [0.2, 0.25) is 0 Å². The van der Waals surface area contributed by atoms with E-state index in [1.807, 2.05) is 31.2 Å². The fourth-order valence-electron chi connectivity index (χ4n) is 4.00. The maximum atomic E-state index is 13.7. The molecule has 7 nitrogen and oxygen atoms in total. The molecule has 1 N–H and O–H groups in total. The van der Waals surface area contributed by atoms with Crippen LogP contribution in [-0.2, 0) is 34.1 Å². The number of hydrogen-bond acceptors (Lipinski definition) is 4. The van der Waals surface area contributed by atoms with E-state index in [1.165, 1.54) is 22.5 Å². The van der Waals surface area contributed by atoms with E-state index in [0.717, 1.165) is 28.5 Å². The maximum Gasteiger partial charge on any atom is 0.449 e. The lowest BCUT2D eigenvalue weighted by Gasteiger charge is -2.15. The molecule has 1 aliphatic heterocycles. The molecule has 0 saturated carbocycles. The highest BCUT2D eigenvalue weighted by atomic mass is 32.2. The molecule has 4 rings (SSSR count). The number of aryl methyl sites for hydroxylation is 2. The number of nitrogens with zero attached hydrogens (tertiary/aromatic N) is 3. The van der Waals surface area contributed by atoms with Gasteiger partial charge in [-0.15, -0.1) is 0 Å². The molecule has 1 aromatic heterocycles. The smallest absolute Gasteiger partial charge is 0.352 e.